The smallest absolute Gasteiger partial charge is 0.338 e. The Labute approximate surface area is 195 Å². The second-order valence-electron chi connectivity index (χ2n) is 6.98. The van der Waals surface area contributed by atoms with E-state index >= 15 is 0 Å². The number of thiazole rings is 1. The van der Waals surface area contributed by atoms with Crippen molar-refractivity contribution in [3.05, 3.63) is 88.0 Å². The number of thioether (sulfide) groups is 1. The van der Waals surface area contributed by atoms with Gasteiger partial charge in [-0.2, -0.15) is 18.2 Å². The first-order valence-corrected chi connectivity index (χ1v) is 11.5. The number of hydrogen-bond acceptors (Lipinski definition) is 7. The van der Waals surface area contributed by atoms with E-state index in [0.717, 1.165) is 21.9 Å². The molecule has 0 spiro atoms. The van der Waals surface area contributed by atoms with E-state index in [1.165, 1.54) is 29.2 Å². The number of hydrogen-bond donors (Lipinski definition) is 1. The van der Waals surface area contributed by atoms with Crippen LogP contribution in [-0.4, -0.2) is 21.0 Å². The average Bonchev–Trinajstić information content (AvgIpc) is 3.40. The highest BCUT2D eigenvalue weighted by Crippen LogP contribution is 2.31. The van der Waals surface area contributed by atoms with Crippen LogP contribution in [0, 0.1) is 6.92 Å². The van der Waals surface area contributed by atoms with Crippen molar-refractivity contribution in [3.63, 3.8) is 0 Å². The second-order valence-corrected chi connectivity index (χ2v) is 9.11. The molecule has 4 rings (SSSR count). The number of aromatic nitrogens is 3. The highest BCUT2D eigenvalue weighted by Gasteiger charge is 2.30. The summed E-state index contributed by atoms with van der Waals surface area (Å²) in [6, 6.07) is 12.3. The van der Waals surface area contributed by atoms with Crippen LogP contribution in [0.4, 0.5) is 18.3 Å². The average molecular weight is 491 g/mol. The van der Waals surface area contributed by atoms with Crippen molar-refractivity contribution in [1.82, 2.24) is 15.1 Å². The number of anilines is 1. The van der Waals surface area contributed by atoms with Crippen molar-refractivity contribution in [2.75, 3.05) is 5.32 Å². The first kappa shape index (κ1) is 23.0. The van der Waals surface area contributed by atoms with E-state index in [1.54, 1.807) is 31.3 Å². The van der Waals surface area contributed by atoms with Gasteiger partial charge in [-0.25, -0.2) is 4.98 Å². The molecule has 0 aliphatic carbocycles. The molecular weight excluding hydrogens is 473 g/mol. The molecule has 0 saturated heterocycles. The van der Waals surface area contributed by atoms with Crippen molar-refractivity contribution < 1.29 is 22.5 Å². The largest absolute Gasteiger partial charge is 0.416 e. The number of nitrogens with one attached hydrogen (secondary N) is 1. The Balaban J connectivity index is 1.42. The predicted molar refractivity (Wildman–Crippen MR) is 119 cm³/mol. The Morgan fingerprint density at radius 1 is 1.18 bits per heavy atom. The summed E-state index contributed by atoms with van der Waals surface area (Å²) >= 11 is 2.62. The van der Waals surface area contributed by atoms with E-state index in [9.17, 15) is 18.0 Å². The van der Waals surface area contributed by atoms with Crippen molar-refractivity contribution >= 4 is 34.1 Å². The van der Waals surface area contributed by atoms with Gasteiger partial charge in [0, 0.05) is 22.4 Å². The van der Waals surface area contributed by atoms with Crippen LogP contribution in [0.5, 0.6) is 0 Å². The molecule has 1 amide bonds. The predicted octanol–water partition coefficient (Wildman–Crippen LogP) is 5.99. The number of nitrogens with zero attached hydrogens (tertiary/aromatic N) is 3. The van der Waals surface area contributed by atoms with Gasteiger partial charge < -0.3 is 4.52 Å². The molecule has 6 nitrogen and oxygen atoms in total. The Bertz CT molecular complexity index is 1270. The Morgan fingerprint density at radius 2 is 2.00 bits per heavy atom. The molecule has 0 unspecified atom stereocenters. The monoisotopic (exact) mass is 490 g/mol. The number of halogens is 3. The maximum atomic E-state index is 12.9. The summed E-state index contributed by atoms with van der Waals surface area (Å²) in [5, 5.41) is 6.89. The quantitative estimate of drug-likeness (QED) is 0.321. The number of aryl methyl sites for hydroxylation is 1. The number of alkyl halides is 3. The molecule has 33 heavy (non-hydrogen) atoms. The van der Waals surface area contributed by atoms with Gasteiger partial charge in [-0.05, 0) is 30.7 Å². The molecule has 170 valence electrons. The van der Waals surface area contributed by atoms with Crippen LogP contribution in [0.1, 0.15) is 38.1 Å². The molecule has 0 fully saturated rings. The molecule has 2 aromatic heterocycles. The summed E-state index contributed by atoms with van der Waals surface area (Å²) in [7, 11) is 0. The fraction of sp³-hybridized carbons (Fsp3) is 0.182. The van der Waals surface area contributed by atoms with Gasteiger partial charge >= 0.3 is 6.18 Å². The van der Waals surface area contributed by atoms with E-state index in [-0.39, 0.29) is 12.3 Å². The SMILES string of the molecule is Cc1noc(CSc2ccccc2C(=O)Nc2ncc(Cc3cccc(C(F)(F)F)c3)s2)n1. The zero-order chi connectivity index (χ0) is 23.4. The molecule has 0 atom stereocenters. The van der Waals surface area contributed by atoms with Gasteiger partial charge in [-0.1, -0.05) is 35.5 Å². The lowest BCUT2D eigenvalue weighted by molar-refractivity contribution is -0.137. The van der Waals surface area contributed by atoms with Crippen molar-refractivity contribution in [3.8, 4) is 0 Å². The Morgan fingerprint density at radius 3 is 2.76 bits per heavy atom. The van der Waals surface area contributed by atoms with Gasteiger partial charge in [0.2, 0.25) is 5.89 Å². The standard InChI is InChI=1S/C22H17F3N4O2S2/c1-13-27-19(31-29-13)12-32-18-8-3-2-7-17(18)20(30)28-21-26-11-16(33-21)10-14-5-4-6-15(9-14)22(23,24)25/h2-9,11H,10,12H2,1H3,(H,26,28,30). The maximum Gasteiger partial charge on any atom is 0.416 e. The number of benzene rings is 2. The summed E-state index contributed by atoms with van der Waals surface area (Å²) in [5.74, 6) is 1.09. The lowest BCUT2D eigenvalue weighted by Crippen LogP contribution is -2.12. The van der Waals surface area contributed by atoms with Crippen molar-refractivity contribution in [2.45, 2.75) is 30.2 Å². The normalized spacial score (nSPS) is 11.5. The van der Waals surface area contributed by atoms with Crippen LogP contribution in [0.15, 0.2) is 64.1 Å². The highest BCUT2D eigenvalue weighted by atomic mass is 32.2. The third kappa shape index (κ3) is 5.99. The third-order valence-electron chi connectivity index (χ3n) is 4.46. The van der Waals surface area contributed by atoms with E-state index < -0.39 is 11.7 Å². The second kappa shape index (κ2) is 9.75. The fourth-order valence-corrected chi connectivity index (χ4v) is 4.72. The first-order valence-electron chi connectivity index (χ1n) is 9.71. The molecule has 0 radical (unpaired) electrons. The topological polar surface area (TPSA) is 80.9 Å². The molecule has 0 saturated carbocycles. The minimum absolute atomic E-state index is 0.285. The molecule has 0 aliphatic rings. The molecule has 2 heterocycles. The van der Waals surface area contributed by atoms with Crippen LogP contribution in [-0.2, 0) is 18.3 Å². The van der Waals surface area contributed by atoms with E-state index in [4.69, 9.17) is 4.52 Å². The van der Waals surface area contributed by atoms with Crippen molar-refractivity contribution in [2.24, 2.45) is 0 Å². The number of carbonyl (C=O) groups is 1. The lowest BCUT2D eigenvalue weighted by atomic mass is 10.1. The van der Waals surface area contributed by atoms with Crippen LogP contribution < -0.4 is 5.32 Å². The minimum atomic E-state index is -4.39. The fourth-order valence-electron chi connectivity index (χ4n) is 2.99. The summed E-state index contributed by atoms with van der Waals surface area (Å²) in [6.07, 6.45) is -2.55. The lowest BCUT2D eigenvalue weighted by Gasteiger charge is -2.08. The Kier molecular flexibility index (Phi) is 6.80. The third-order valence-corrected chi connectivity index (χ3v) is 6.43. The summed E-state index contributed by atoms with van der Waals surface area (Å²) < 4.78 is 43.9. The zero-order valence-corrected chi connectivity index (χ0v) is 18.9. The van der Waals surface area contributed by atoms with Crippen LogP contribution >= 0.6 is 23.1 Å². The molecule has 11 heteroatoms. The first-order chi connectivity index (χ1) is 15.8. The molecule has 2 aromatic carbocycles. The number of rotatable bonds is 7. The van der Waals surface area contributed by atoms with E-state index in [0.29, 0.717) is 33.7 Å². The van der Waals surface area contributed by atoms with Gasteiger partial charge in [0.15, 0.2) is 11.0 Å². The van der Waals surface area contributed by atoms with Gasteiger partial charge in [-0.3, -0.25) is 10.1 Å². The molecular formula is C22H17F3N4O2S2. The van der Waals surface area contributed by atoms with Crippen LogP contribution in [0.3, 0.4) is 0 Å². The molecule has 1 N–H and O–H groups in total. The number of carbonyl (C=O) groups excluding carboxylic acids is 1. The zero-order valence-electron chi connectivity index (χ0n) is 17.2. The van der Waals surface area contributed by atoms with E-state index in [2.05, 4.69) is 20.4 Å². The minimum Gasteiger partial charge on any atom is -0.338 e. The maximum absolute atomic E-state index is 12.9. The van der Waals surface area contributed by atoms with Gasteiger partial charge in [-0.15, -0.1) is 23.1 Å². The Hall–Kier alpha value is -3.18. The molecule has 0 bridgehead atoms. The van der Waals surface area contributed by atoms with Crippen molar-refractivity contribution in [1.29, 1.82) is 0 Å². The van der Waals surface area contributed by atoms with Gasteiger partial charge in [0.25, 0.3) is 5.91 Å². The molecule has 4 aromatic rings. The van der Waals surface area contributed by atoms with E-state index in [1.807, 2.05) is 12.1 Å². The summed E-state index contributed by atoms with van der Waals surface area (Å²) in [6.45, 7) is 1.73. The number of amides is 1. The summed E-state index contributed by atoms with van der Waals surface area (Å²) in [4.78, 5) is 22.7. The van der Waals surface area contributed by atoms with Crippen LogP contribution in [0.25, 0.3) is 0 Å². The van der Waals surface area contributed by atoms with Crippen LogP contribution in [0.2, 0.25) is 0 Å². The highest BCUT2D eigenvalue weighted by molar-refractivity contribution is 7.98. The summed E-state index contributed by atoms with van der Waals surface area (Å²) in [5.41, 5.74) is 0.292. The molecule has 0 aliphatic heterocycles. The van der Waals surface area contributed by atoms with Gasteiger partial charge in [0.1, 0.15) is 0 Å². The van der Waals surface area contributed by atoms with Gasteiger partial charge in [0.05, 0.1) is 16.9 Å².